The van der Waals surface area contributed by atoms with E-state index >= 15 is 0 Å². The third kappa shape index (κ3) is 2.80. The molecule has 6 nitrogen and oxygen atoms in total. The van der Waals surface area contributed by atoms with Crippen LogP contribution in [0.2, 0.25) is 0 Å². The van der Waals surface area contributed by atoms with E-state index < -0.39 is 5.63 Å². The summed E-state index contributed by atoms with van der Waals surface area (Å²) in [6.45, 7) is 6.96. The number of likely N-dealkylation sites (N-methyl/N-ethyl adjacent to an activating group) is 1. The minimum Gasteiger partial charge on any atom is -0.464 e. The van der Waals surface area contributed by atoms with Crippen molar-refractivity contribution in [2.45, 2.75) is 20.3 Å². The van der Waals surface area contributed by atoms with Crippen molar-refractivity contribution in [1.82, 2.24) is 9.80 Å². The van der Waals surface area contributed by atoms with Crippen LogP contribution in [0.4, 0.5) is 0 Å². The maximum Gasteiger partial charge on any atom is 0.340 e. The van der Waals surface area contributed by atoms with Crippen LogP contribution in [0.25, 0.3) is 21.9 Å². The van der Waals surface area contributed by atoms with Crippen molar-refractivity contribution in [3.8, 4) is 0 Å². The number of aryl methyl sites for hydroxylation is 2. The first-order chi connectivity index (χ1) is 12.4. The predicted octanol–water partition coefficient (Wildman–Crippen LogP) is 2.47. The van der Waals surface area contributed by atoms with Gasteiger partial charge in [0.25, 0.3) is 0 Å². The third-order valence-electron chi connectivity index (χ3n) is 5.36. The fourth-order valence-electron chi connectivity index (χ4n) is 3.56. The molecule has 3 heterocycles. The molecular formula is C20H22N2O4. The largest absolute Gasteiger partial charge is 0.464 e. The summed E-state index contributed by atoms with van der Waals surface area (Å²) in [7, 11) is 2.04. The molecule has 0 saturated carbocycles. The van der Waals surface area contributed by atoms with Crippen molar-refractivity contribution in [3.05, 3.63) is 45.5 Å². The first-order valence-corrected chi connectivity index (χ1v) is 8.84. The minimum atomic E-state index is -0.444. The van der Waals surface area contributed by atoms with Gasteiger partial charge < -0.3 is 18.6 Å². The molecule has 1 saturated heterocycles. The maximum absolute atomic E-state index is 12.7. The van der Waals surface area contributed by atoms with E-state index in [1.165, 1.54) is 0 Å². The molecule has 1 amide bonds. The Morgan fingerprint density at radius 2 is 1.81 bits per heavy atom. The predicted molar refractivity (Wildman–Crippen MR) is 99.5 cm³/mol. The number of nitrogens with zero attached hydrogens (tertiary/aromatic N) is 2. The smallest absolute Gasteiger partial charge is 0.340 e. The second-order valence-corrected chi connectivity index (χ2v) is 7.12. The Hall–Kier alpha value is -2.60. The van der Waals surface area contributed by atoms with Gasteiger partial charge in [-0.15, -0.1) is 0 Å². The summed E-state index contributed by atoms with van der Waals surface area (Å²) in [5.41, 5.74) is 3.02. The van der Waals surface area contributed by atoms with E-state index in [4.69, 9.17) is 8.83 Å². The Balaban J connectivity index is 1.72. The summed E-state index contributed by atoms with van der Waals surface area (Å²) in [6, 6.07) is 3.73. The Kier molecular flexibility index (Phi) is 4.07. The van der Waals surface area contributed by atoms with Crippen molar-refractivity contribution >= 4 is 27.8 Å². The van der Waals surface area contributed by atoms with Gasteiger partial charge in [-0.2, -0.15) is 0 Å². The number of rotatable bonds is 2. The molecule has 0 radical (unpaired) electrons. The topological polar surface area (TPSA) is 66.9 Å². The Morgan fingerprint density at radius 1 is 1.08 bits per heavy atom. The van der Waals surface area contributed by atoms with Gasteiger partial charge >= 0.3 is 5.63 Å². The van der Waals surface area contributed by atoms with Crippen LogP contribution >= 0.6 is 0 Å². The van der Waals surface area contributed by atoms with E-state index in [2.05, 4.69) is 4.90 Å². The van der Waals surface area contributed by atoms with Gasteiger partial charge in [0.15, 0.2) is 0 Å². The highest BCUT2D eigenvalue weighted by Gasteiger charge is 2.22. The fourth-order valence-corrected chi connectivity index (χ4v) is 3.56. The number of amides is 1. The van der Waals surface area contributed by atoms with Crippen molar-refractivity contribution in [1.29, 1.82) is 0 Å². The van der Waals surface area contributed by atoms with E-state index in [0.717, 1.165) is 35.0 Å². The number of benzene rings is 1. The summed E-state index contributed by atoms with van der Waals surface area (Å²) in [5.74, 6) is -0.0200. The van der Waals surface area contributed by atoms with Gasteiger partial charge in [-0.3, -0.25) is 4.79 Å². The quantitative estimate of drug-likeness (QED) is 0.662. The number of fused-ring (bicyclic) bond motifs is 2. The molecule has 0 atom stereocenters. The summed E-state index contributed by atoms with van der Waals surface area (Å²) in [4.78, 5) is 29.2. The number of carbonyl (C=O) groups excluding carboxylic acids is 1. The number of hydrogen-bond acceptors (Lipinski definition) is 5. The molecule has 3 aromatic rings. The van der Waals surface area contributed by atoms with E-state index in [0.29, 0.717) is 29.8 Å². The molecule has 136 valence electrons. The summed E-state index contributed by atoms with van der Waals surface area (Å²) >= 11 is 0. The molecule has 0 aliphatic carbocycles. The van der Waals surface area contributed by atoms with E-state index in [-0.39, 0.29) is 12.3 Å². The summed E-state index contributed by atoms with van der Waals surface area (Å²) < 4.78 is 11.0. The van der Waals surface area contributed by atoms with Gasteiger partial charge in [-0.1, -0.05) is 0 Å². The van der Waals surface area contributed by atoms with Crippen LogP contribution in [0.1, 0.15) is 16.7 Å². The van der Waals surface area contributed by atoms with E-state index in [9.17, 15) is 9.59 Å². The standard InChI is InChI=1S/C20H22N2O4/c1-12-11-25-17-10-18-15(8-14(12)17)13(2)16(20(24)26-18)9-19(23)22-6-4-21(3)5-7-22/h8,10-11H,4-7,9H2,1-3H3. The minimum absolute atomic E-state index is 0.0200. The Morgan fingerprint density at radius 3 is 2.54 bits per heavy atom. The van der Waals surface area contributed by atoms with Gasteiger partial charge in [0, 0.05) is 43.0 Å². The van der Waals surface area contributed by atoms with Gasteiger partial charge in [0.1, 0.15) is 11.2 Å². The van der Waals surface area contributed by atoms with Gasteiger partial charge in [0.2, 0.25) is 5.91 Å². The second-order valence-electron chi connectivity index (χ2n) is 7.12. The molecule has 2 aromatic heterocycles. The lowest BCUT2D eigenvalue weighted by atomic mass is 10.0. The van der Waals surface area contributed by atoms with Crippen LogP contribution in [0.3, 0.4) is 0 Å². The molecule has 0 bridgehead atoms. The maximum atomic E-state index is 12.7. The van der Waals surface area contributed by atoms with Gasteiger partial charge in [-0.05, 0) is 38.1 Å². The lowest BCUT2D eigenvalue weighted by molar-refractivity contribution is -0.132. The molecule has 26 heavy (non-hydrogen) atoms. The highest BCUT2D eigenvalue weighted by atomic mass is 16.4. The lowest BCUT2D eigenvalue weighted by Crippen LogP contribution is -2.47. The van der Waals surface area contributed by atoms with Crippen LogP contribution in [0.5, 0.6) is 0 Å². The fraction of sp³-hybridized carbons (Fsp3) is 0.400. The normalized spacial score (nSPS) is 15.9. The molecule has 6 heteroatoms. The summed E-state index contributed by atoms with van der Waals surface area (Å²) in [6.07, 6.45) is 1.77. The van der Waals surface area contributed by atoms with Gasteiger partial charge in [-0.25, -0.2) is 4.79 Å². The average molecular weight is 354 g/mol. The highest BCUT2D eigenvalue weighted by molar-refractivity contribution is 5.96. The number of hydrogen-bond donors (Lipinski definition) is 0. The number of carbonyl (C=O) groups is 1. The highest BCUT2D eigenvalue weighted by Crippen LogP contribution is 2.29. The molecule has 0 spiro atoms. The molecule has 0 unspecified atom stereocenters. The molecule has 1 aromatic carbocycles. The second kappa shape index (κ2) is 6.29. The molecular weight excluding hydrogens is 332 g/mol. The first kappa shape index (κ1) is 16.8. The Bertz CT molecular complexity index is 1060. The van der Waals surface area contributed by atoms with Crippen LogP contribution in [0, 0.1) is 13.8 Å². The van der Waals surface area contributed by atoms with Crippen molar-refractivity contribution < 1.29 is 13.6 Å². The van der Waals surface area contributed by atoms with Crippen molar-refractivity contribution in [2.24, 2.45) is 0 Å². The van der Waals surface area contributed by atoms with Crippen molar-refractivity contribution in [3.63, 3.8) is 0 Å². The SMILES string of the molecule is Cc1coc2cc3oc(=O)c(CC(=O)N4CCN(C)CC4)c(C)c3cc12. The zero-order chi connectivity index (χ0) is 18.4. The first-order valence-electron chi connectivity index (χ1n) is 8.84. The Labute approximate surface area is 151 Å². The molecule has 1 fully saturated rings. The zero-order valence-electron chi connectivity index (χ0n) is 15.3. The van der Waals surface area contributed by atoms with Crippen LogP contribution in [-0.4, -0.2) is 48.9 Å². The number of furan rings is 1. The average Bonchev–Trinajstić information content (AvgIpc) is 2.98. The van der Waals surface area contributed by atoms with Crippen LogP contribution in [0.15, 0.2) is 32.0 Å². The molecule has 1 aliphatic rings. The monoisotopic (exact) mass is 354 g/mol. The lowest BCUT2D eigenvalue weighted by Gasteiger charge is -2.32. The molecule has 1 aliphatic heterocycles. The molecule has 4 rings (SSSR count). The van der Waals surface area contributed by atoms with Crippen LogP contribution < -0.4 is 5.63 Å². The van der Waals surface area contributed by atoms with Gasteiger partial charge in [0.05, 0.1) is 18.2 Å². The zero-order valence-corrected chi connectivity index (χ0v) is 15.3. The third-order valence-corrected chi connectivity index (χ3v) is 5.36. The van der Waals surface area contributed by atoms with E-state index in [1.54, 1.807) is 12.3 Å². The summed E-state index contributed by atoms with van der Waals surface area (Å²) in [5, 5.41) is 1.84. The van der Waals surface area contributed by atoms with E-state index in [1.807, 2.05) is 31.9 Å². The van der Waals surface area contributed by atoms with Crippen molar-refractivity contribution in [2.75, 3.05) is 33.2 Å². The van der Waals surface area contributed by atoms with Crippen LogP contribution in [-0.2, 0) is 11.2 Å². The number of piperazine rings is 1. The molecule has 0 N–H and O–H groups in total.